The van der Waals surface area contributed by atoms with Crippen molar-refractivity contribution in [2.45, 2.75) is 33.2 Å². The normalized spacial score (nSPS) is 28.6. The molecule has 118 valence electrons. The Balaban J connectivity index is 1.82. The minimum absolute atomic E-state index is 0.251. The highest BCUT2D eigenvalue weighted by atomic mass is 15.5. The molecule has 0 amide bonds. The lowest BCUT2D eigenvalue weighted by atomic mass is 9.78. The van der Waals surface area contributed by atoms with Crippen molar-refractivity contribution in [3.8, 4) is 0 Å². The van der Waals surface area contributed by atoms with Gasteiger partial charge < -0.3 is 0 Å². The van der Waals surface area contributed by atoms with Crippen molar-refractivity contribution in [1.29, 1.82) is 0 Å². The van der Waals surface area contributed by atoms with Gasteiger partial charge in [0.15, 0.2) is 0 Å². The van der Waals surface area contributed by atoms with Crippen LogP contribution in [0.15, 0.2) is 65.8 Å². The number of para-hydroxylation sites is 1. The van der Waals surface area contributed by atoms with Crippen LogP contribution >= 0.6 is 0 Å². The van der Waals surface area contributed by atoms with Crippen molar-refractivity contribution in [2.24, 2.45) is 22.4 Å². The van der Waals surface area contributed by atoms with E-state index in [4.69, 9.17) is 5.10 Å². The number of hydrazone groups is 1. The maximum Gasteiger partial charge on any atom is 0.0734 e. The maximum atomic E-state index is 5.09. The van der Waals surface area contributed by atoms with Crippen molar-refractivity contribution < 1.29 is 0 Å². The lowest BCUT2D eigenvalue weighted by Gasteiger charge is -2.36. The molecular weight excluding hydrogens is 280 g/mol. The van der Waals surface area contributed by atoms with Crippen LogP contribution in [-0.2, 0) is 0 Å². The zero-order valence-electron chi connectivity index (χ0n) is 14.1. The van der Waals surface area contributed by atoms with E-state index in [9.17, 15) is 0 Å². The van der Waals surface area contributed by atoms with Gasteiger partial charge in [0.1, 0.15) is 0 Å². The SMILES string of the molecule is CC1CC2C(c3ccccc3)=NN(c3ccccc3)[C@H]2C1(C)C. The summed E-state index contributed by atoms with van der Waals surface area (Å²) in [7, 11) is 0. The Morgan fingerprint density at radius 2 is 1.57 bits per heavy atom. The van der Waals surface area contributed by atoms with Crippen LogP contribution in [-0.4, -0.2) is 11.8 Å². The fraction of sp³-hybridized carbons (Fsp3) is 0.381. The van der Waals surface area contributed by atoms with Gasteiger partial charge >= 0.3 is 0 Å². The number of rotatable bonds is 2. The van der Waals surface area contributed by atoms with Gasteiger partial charge in [0.25, 0.3) is 0 Å². The summed E-state index contributed by atoms with van der Waals surface area (Å²) in [6, 6.07) is 21.8. The van der Waals surface area contributed by atoms with E-state index >= 15 is 0 Å². The van der Waals surface area contributed by atoms with Crippen LogP contribution in [0.5, 0.6) is 0 Å². The molecule has 1 aliphatic heterocycles. The van der Waals surface area contributed by atoms with Gasteiger partial charge in [-0.05, 0) is 35.4 Å². The van der Waals surface area contributed by atoms with Crippen LogP contribution in [0.1, 0.15) is 32.8 Å². The highest BCUT2D eigenvalue weighted by molar-refractivity contribution is 6.05. The van der Waals surface area contributed by atoms with E-state index in [1.165, 1.54) is 23.4 Å². The minimum atomic E-state index is 0.251. The second kappa shape index (κ2) is 5.23. The number of anilines is 1. The van der Waals surface area contributed by atoms with Crippen molar-refractivity contribution in [3.05, 3.63) is 66.2 Å². The summed E-state index contributed by atoms with van der Waals surface area (Å²) in [5.74, 6) is 1.21. The van der Waals surface area contributed by atoms with E-state index in [0.29, 0.717) is 17.9 Å². The first-order valence-electron chi connectivity index (χ1n) is 8.57. The first-order chi connectivity index (χ1) is 11.1. The number of benzene rings is 2. The van der Waals surface area contributed by atoms with Gasteiger partial charge in [-0.2, -0.15) is 5.10 Å². The lowest BCUT2D eigenvalue weighted by molar-refractivity contribution is 0.242. The molecule has 0 saturated heterocycles. The summed E-state index contributed by atoms with van der Waals surface area (Å²) in [5.41, 5.74) is 3.99. The van der Waals surface area contributed by atoms with Crippen LogP contribution in [0.3, 0.4) is 0 Å². The Morgan fingerprint density at radius 3 is 2.22 bits per heavy atom. The van der Waals surface area contributed by atoms with Gasteiger partial charge in [-0.1, -0.05) is 69.3 Å². The van der Waals surface area contributed by atoms with Crippen LogP contribution in [0.25, 0.3) is 0 Å². The summed E-state index contributed by atoms with van der Waals surface area (Å²) in [6.45, 7) is 7.20. The smallest absolute Gasteiger partial charge is 0.0734 e. The molecule has 0 radical (unpaired) electrons. The Kier molecular flexibility index (Phi) is 3.29. The standard InChI is InChI=1S/C21H24N2/c1-15-14-18-19(16-10-6-4-7-11-16)22-23(20(18)21(15,2)3)17-12-8-5-9-13-17/h4-13,15,18,20H,14H2,1-3H3/t15?,18?,20-/m1/s1. The van der Waals surface area contributed by atoms with Gasteiger partial charge in [0.2, 0.25) is 0 Å². The molecule has 2 aliphatic rings. The molecule has 1 saturated carbocycles. The number of hydrogen-bond acceptors (Lipinski definition) is 2. The minimum Gasteiger partial charge on any atom is -0.261 e. The molecule has 0 aromatic heterocycles. The van der Waals surface area contributed by atoms with Crippen molar-refractivity contribution in [2.75, 3.05) is 5.01 Å². The highest BCUT2D eigenvalue weighted by Gasteiger charge is 2.55. The zero-order chi connectivity index (χ0) is 16.0. The number of fused-ring (bicyclic) bond motifs is 1. The van der Waals surface area contributed by atoms with Crippen molar-refractivity contribution >= 4 is 11.4 Å². The topological polar surface area (TPSA) is 15.6 Å². The summed E-state index contributed by atoms with van der Waals surface area (Å²) in [6.07, 6.45) is 1.22. The third kappa shape index (κ3) is 2.20. The van der Waals surface area contributed by atoms with E-state index in [2.05, 4.69) is 86.4 Å². The third-order valence-electron chi connectivity index (χ3n) is 5.94. The van der Waals surface area contributed by atoms with Crippen LogP contribution in [0.2, 0.25) is 0 Å². The van der Waals surface area contributed by atoms with E-state index in [-0.39, 0.29) is 5.41 Å². The number of nitrogens with zero attached hydrogens (tertiary/aromatic N) is 2. The Morgan fingerprint density at radius 1 is 0.957 bits per heavy atom. The van der Waals surface area contributed by atoms with E-state index < -0.39 is 0 Å². The summed E-state index contributed by atoms with van der Waals surface area (Å²) >= 11 is 0. The fourth-order valence-corrected chi connectivity index (χ4v) is 4.30. The quantitative estimate of drug-likeness (QED) is 0.765. The predicted octanol–water partition coefficient (Wildman–Crippen LogP) is 4.96. The van der Waals surface area contributed by atoms with Gasteiger partial charge in [0, 0.05) is 5.92 Å². The van der Waals surface area contributed by atoms with E-state index in [1.807, 2.05) is 0 Å². The first kappa shape index (κ1) is 14.5. The van der Waals surface area contributed by atoms with Crippen LogP contribution < -0.4 is 5.01 Å². The Bertz CT molecular complexity index is 718. The molecule has 1 heterocycles. The predicted molar refractivity (Wildman–Crippen MR) is 96.7 cm³/mol. The van der Waals surface area contributed by atoms with E-state index in [1.54, 1.807) is 0 Å². The second-order valence-corrected chi connectivity index (χ2v) is 7.54. The lowest BCUT2D eigenvalue weighted by Crippen LogP contribution is -2.41. The average Bonchev–Trinajstić information content (AvgIpc) is 3.06. The molecule has 4 rings (SSSR count). The fourth-order valence-electron chi connectivity index (χ4n) is 4.30. The van der Waals surface area contributed by atoms with Crippen molar-refractivity contribution in [1.82, 2.24) is 0 Å². The molecule has 2 nitrogen and oxygen atoms in total. The third-order valence-corrected chi connectivity index (χ3v) is 5.94. The Hall–Kier alpha value is -2.09. The summed E-state index contributed by atoms with van der Waals surface area (Å²) in [5, 5.41) is 7.38. The molecule has 2 aromatic rings. The summed E-state index contributed by atoms with van der Waals surface area (Å²) < 4.78 is 0. The zero-order valence-corrected chi connectivity index (χ0v) is 14.1. The molecule has 2 heteroatoms. The molecule has 2 aromatic carbocycles. The summed E-state index contributed by atoms with van der Waals surface area (Å²) in [4.78, 5) is 0. The molecule has 0 bridgehead atoms. The molecule has 3 atom stereocenters. The molecule has 2 unspecified atom stereocenters. The molecule has 1 fully saturated rings. The molecule has 23 heavy (non-hydrogen) atoms. The van der Waals surface area contributed by atoms with Gasteiger partial charge in [-0.25, -0.2) is 0 Å². The Labute approximate surface area is 138 Å². The molecule has 0 N–H and O–H groups in total. The molecule has 1 aliphatic carbocycles. The van der Waals surface area contributed by atoms with E-state index in [0.717, 1.165) is 0 Å². The van der Waals surface area contributed by atoms with Crippen LogP contribution in [0, 0.1) is 17.3 Å². The monoisotopic (exact) mass is 304 g/mol. The van der Waals surface area contributed by atoms with Crippen molar-refractivity contribution in [3.63, 3.8) is 0 Å². The molecule has 0 spiro atoms. The number of hydrogen-bond donors (Lipinski definition) is 0. The largest absolute Gasteiger partial charge is 0.261 e. The van der Waals surface area contributed by atoms with Gasteiger partial charge in [-0.15, -0.1) is 0 Å². The average molecular weight is 304 g/mol. The van der Waals surface area contributed by atoms with Gasteiger partial charge in [-0.3, -0.25) is 5.01 Å². The highest BCUT2D eigenvalue weighted by Crippen LogP contribution is 2.53. The second-order valence-electron chi connectivity index (χ2n) is 7.54. The first-order valence-corrected chi connectivity index (χ1v) is 8.57. The van der Waals surface area contributed by atoms with Gasteiger partial charge in [0.05, 0.1) is 17.4 Å². The maximum absolute atomic E-state index is 5.09. The van der Waals surface area contributed by atoms with Crippen LogP contribution in [0.4, 0.5) is 5.69 Å². The molecular formula is C21H24N2.